The summed E-state index contributed by atoms with van der Waals surface area (Å²) in [5.41, 5.74) is 9.50. The molecule has 3 nitrogen and oxygen atoms in total. The number of benzene rings is 1. The molecule has 0 radical (unpaired) electrons. The van der Waals surface area contributed by atoms with Crippen LogP contribution in [0.15, 0.2) is 24.4 Å². The van der Waals surface area contributed by atoms with Gasteiger partial charge in [0, 0.05) is 11.2 Å². The van der Waals surface area contributed by atoms with E-state index in [-0.39, 0.29) is 0 Å². The van der Waals surface area contributed by atoms with Crippen LogP contribution in [0.3, 0.4) is 0 Å². The van der Waals surface area contributed by atoms with Crippen molar-refractivity contribution < 1.29 is 0 Å². The van der Waals surface area contributed by atoms with Gasteiger partial charge in [-0.25, -0.2) is 4.68 Å². The van der Waals surface area contributed by atoms with E-state index >= 15 is 0 Å². The van der Waals surface area contributed by atoms with Crippen LogP contribution in [0.2, 0.25) is 5.02 Å². The van der Waals surface area contributed by atoms with Gasteiger partial charge in [-0.05, 0) is 37.6 Å². The molecule has 0 spiro atoms. The third kappa shape index (κ3) is 1.83. The van der Waals surface area contributed by atoms with E-state index in [4.69, 9.17) is 17.3 Å². The molecule has 4 heteroatoms. The van der Waals surface area contributed by atoms with E-state index < -0.39 is 0 Å². The van der Waals surface area contributed by atoms with Crippen LogP contribution in [0.25, 0.3) is 5.69 Å². The minimum atomic E-state index is 0.630. The summed E-state index contributed by atoms with van der Waals surface area (Å²) in [7, 11) is 0. The molecule has 0 atom stereocenters. The lowest BCUT2D eigenvalue weighted by molar-refractivity contribution is 0.865. The minimum Gasteiger partial charge on any atom is -0.397 e. The molecule has 2 rings (SSSR count). The van der Waals surface area contributed by atoms with Gasteiger partial charge in [0.05, 0.1) is 17.1 Å². The van der Waals surface area contributed by atoms with E-state index in [0.29, 0.717) is 10.7 Å². The van der Waals surface area contributed by atoms with Gasteiger partial charge in [0.1, 0.15) is 0 Å². The standard InChI is InChI=1S/C11H12ClN3/c1-7-6-15(14-8(7)2)11-4-3-9(12)5-10(11)13/h3-6H,13H2,1-2H3. The first-order chi connectivity index (χ1) is 7.08. The predicted molar refractivity (Wildman–Crippen MR) is 62.5 cm³/mol. The average molecular weight is 222 g/mol. The number of hydrogen-bond acceptors (Lipinski definition) is 2. The molecule has 78 valence electrons. The monoisotopic (exact) mass is 221 g/mol. The van der Waals surface area contributed by atoms with E-state index in [1.165, 1.54) is 0 Å². The lowest BCUT2D eigenvalue weighted by atomic mass is 10.2. The maximum Gasteiger partial charge on any atom is 0.0876 e. The Bertz CT molecular complexity index is 483. The van der Waals surface area contributed by atoms with E-state index in [0.717, 1.165) is 16.9 Å². The van der Waals surface area contributed by atoms with Gasteiger partial charge >= 0.3 is 0 Å². The van der Waals surface area contributed by atoms with Crippen LogP contribution in [0.1, 0.15) is 11.3 Å². The summed E-state index contributed by atoms with van der Waals surface area (Å²) in [6, 6.07) is 5.40. The fourth-order valence-electron chi connectivity index (χ4n) is 1.40. The van der Waals surface area contributed by atoms with Gasteiger partial charge in [0.15, 0.2) is 0 Å². The van der Waals surface area contributed by atoms with Crippen molar-refractivity contribution in [3.05, 3.63) is 40.7 Å². The van der Waals surface area contributed by atoms with Crippen molar-refractivity contribution in [3.63, 3.8) is 0 Å². The van der Waals surface area contributed by atoms with Crippen LogP contribution in [-0.4, -0.2) is 9.78 Å². The number of anilines is 1. The maximum absolute atomic E-state index is 5.87. The molecular formula is C11H12ClN3. The van der Waals surface area contributed by atoms with Crippen molar-refractivity contribution >= 4 is 17.3 Å². The summed E-state index contributed by atoms with van der Waals surface area (Å²) in [4.78, 5) is 0. The Labute approximate surface area is 93.5 Å². The molecule has 0 saturated carbocycles. The van der Waals surface area contributed by atoms with Crippen LogP contribution >= 0.6 is 11.6 Å². The molecule has 2 aromatic rings. The normalized spacial score (nSPS) is 10.6. The lowest BCUT2D eigenvalue weighted by Crippen LogP contribution is -2.00. The Hall–Kier alpha value is -1.48. The number of halogens is 1. The number of aryl methyl sites for hydroxylation is 2. The number of hydrogen-bond donors (Lipinski definition) is 1. The number of rotatable bonds is 1. The Morgan fingerprint density at radius 3 is 2.60 bits per heavy atom. The molecule has 0 amide bonds. The molecule has 0 aliphatic rings. The van der Waals surface area contributed by atoms with Crippen molar-refractivity contribution in [2.75, 3.05) is 5.73 Å². The van der Waals surface area contributed by atoms with E-state index in [1.807, 2.05) is 26.1 Å². The number of nitrogen functional groups attached to an aromatic ring is 1. The van der Waals surface area contributed by atoms with Crippen molar-refractivity contribution in [1.29, 1.82) is 0 Å². The highest BCUT2D eigenvalue weighted by atomic mass is 35.5. The van der Waals surface area contributed by atoms with Gasteiger partial charge < -0.3 is 5.73 Å². The molecule has 15 heavy (non-hydrogen) atoms. The van der Waals surface area contributed by atoms with E-state index in [2.05, 4.69) is 5.10 Å². The summed E-state index contributed by atoms with van der Waals surface area (Å²) >= 11 is 5.83. The zero-order valence-corrected chi connectivity index (χ0v) is 9.42. The molecule has 0 fully saturated rings. The molecule has 0 bridgehead atoms. The van der Waals surface area contributed by atoms with E-state index in [9.17, 15) is 0 Å². The van der Waals surface area contributed by atoms with Gasteiger partial charge in [-0.15, -0.1) is 0 Å². The predicted octanol–water partition coefficient (Wildman–Crippen LogP) is 2.72. The highest BCUT2D eigenvalue weighted by Crippen LogP contribution is 2.21. The molecule has 0 saturated heterocycles. The Kier molecular flexibility index (Phi) is 2.40. The van der Waals surface area contributed by atoms with Crippen LogP contribution in [0.5, 0.6) is 0 Å². The molecule has 0 aliphatic heterocycles. The third-order valence-electron chi connectivity index (χ3n) is 2.38. The topological polar surface area (TPSA) is 43.8 Å². The van der Waals surface area contributed by atoms with Gasteiger partial charge in [0.25, 0.3) is 0 Å². The molecule has 0 aliphatic carbocycles. The van der Waals surface area contributed by atoms with Crippen molar-refractivity contribution in [3.8, 4) is 5.69 Å². The number of aromatic nitrogens is 2. The first kappa shape index (κ1) is 10.1. The fraction of sp³-hybridized carbons (Fsp3) is 0.182. The Morgan fingerprint density at radius 2 is 2.07 bits per heavy atom. The number of nitrogens with zero attached hydrogens (tertiary/aromatic N) is 2. The fourth-order valence-corrected chi connectivity index (χ4v) is 1.58. The van der Waals surface area contributed by atoms with Crippen molar-refractivity contribution in [1.82, 2.24) is 9.78 Å². The van der Waals surface area contributed by atoms with Crippen molar-refractivity contribution in [2.45, 2.75) is 13.8 Å². The zero-order valence-electron chi connectivity index (χ0n) is 8.66. The zero-order chi connectivity index (χ0) is 11.0. The molecule has 1 heterocycles. The van der Waals surface area contributed by atoms with E-state index in [1.54, 1.807) is 16.8 Å². The second-order valence-corrected chi connectivity index (χ2v) is 3.98. The van der Waals surface area contributed by atoms with Crippen LogP contribution < -0.4 is 5.73 Å². The quantitative estimate of drug-likeness (QED) is 0.753. The molecule has 2 N–H and O–H groups in total. The van der Waals surface area contributed by atoms with Crippen LogP contribution in [-0.2, 0) is 0 Å². The smallest absolute Gasteiger partial charge is 0.0876 e. The second-order valence-electron chi connectivity index (χ2n) is 3.55. The molecule has 1 aromatic carbocycles. The van der Waals surface area contributed by atoms with Gasteiger partial charge in [-0.2, -0.15) is 5.10 Å². The largest absolute Gasteiger partial charge is 0.397 e. The third-order valence-corrected chi connectivity index (χ3v) is 2.62. The molecule has 0 unspecified atom stereocenters. The SMILES string of the molecule is Cc1cn(-c2ccc(Cl)cc2N)nc1C. The Balaban J connectivity index is 2.54. The summed E-state index contributed by atoms with van der Waals surface area (Å²) < 4.78 is 1.77. The summed E-state index contributed by atoms with van der Waals surface area (Å²) in [6.45, 7) is 3.99. The van der Waals surface area contributed by atoms with Crippen molar-refractivity contribution in [2.24, 2.45) is 0 Å². The molecule has 1 aromatic heterocycles. The summed E-state index contributed by atoms with van der Waals surface area (Å²) in [5, 5.41) is 5.00. The minimum absolute atomic E-state index is 0.630. The van der Waals surface area contributed by atoms with Crippen LogP contribution in [0.4, 0.5) is 5.69 Å². The van der Waals surface area contributed by atoms with Crippen LogP contribution in [0, 0.1) is 13.8 Å². The first-order valence-electron chi connectivity index (χ1n) is 4.66. The maximum atomic E-state index is 5.87. The van der Waals surface area contributed by atoms with Gasteiger partial charge in [-0.1, -0.05) is 11.6 Å². The lowest BCUT2D eigenvalue weighted by Gasteiger charge is -2.05. The summed E-state index contributed by atoms with van der Waals surface area (Å²) in [6.07, 6.45) is 1.95. The number of nitrogens with two attached hydrogens (primary N) is 1. The van der Waals surface area contributed by atoms with Gasteiger partial charge in [0.2, 0.25) is 0 Å². The average Bonchev–Trinajstić information content (AvgIpc) is 2.46. The first-order valence-corrected chi connectivity index (χ1v) is 5.04. The molecular weight excluding hydrogens is 210 g/mol. The van der Waals surface area contributed by atoms with Gasteiger partial charge in [-0.3, -0.25) is 0 Å². The highest BCUT2D eigenvalue weighted by molar-refractivity contribution is 6.30. The Morgan fingerprint density at radius 1 is 1.33 bits per heavy atom. The highest BCUT2D eigenvalue weighted by Gasteiger charge is 2.05. The second kappa shape index (κ2) is 3.59. The summed E-state index contributed by atoms with van der Waals surface area (Å²) in [5.74, 6) is 0.